The Morgan fingerprint density at radius 2 is 2.38 bits per heavy atom. The van der Waals surface area contributed by atoms with E-state index in [2.05, 4.69) is 20.8 Å². The van der Waals surface area contributed by atoms with Crippen LogP contribution in [-0.2, 0) is 11.3 Å². The predicted octanol–water partition coefficient (Wildman–Crippen LogP) is 0.480. The molecular weight excluding hydrogens is 186 g/mol. The first-order valence-corrected chi connectivity index (χ1v) is 5.33. The lowest BCUT2D eigenvalue weighted by atomic mass is 10.5. The maximum absolute atomic E-state index is 5.24. The van der Waals surface area contributed by atoms with Crippen LogP contribution in [0.1, 0.15) is 5.69 Å². The van der Waals surface area contributed by atoms with Gasteiger partial charge in [0.1, 0.15) is 0 Å². The van der Waals surface area contributed by atoms with Crippen LogP contribution < -0.4 is 5.43 Å². The van der Waals surface area contributed by atoms with Gasteiger partial charge in [-0.25, -0.2) is 15.4 Å². The lowest BCUT2D eigenvalue weighted by Crippen LogP contribution is -2.45. The molecule has 0 spiro atoms. The SMILES string of the molecule is c1nc(CNN2CCOCC2)cs1. The fourth-order valence-electron chi connectivity index (χ4n) is 1.24. The summed E-state index contributed by atoms with van der Waals surface area (Å²) in [5.41, 5.74) is 6.29. The van der Waals surface area contributed by atoms with Gasteiger partial charge in [0.15, 0.2) is 0 Å². The smallest absolute Gasteiger partial charge is 0.0795 e. The van der Waals surface area contributed by atoms with E-state index in [9.17, 15) is 0 Å². The maximum Gasteiger partial charge on any atom is 0.0795 e. The molecule has 13 heavy (non-hydrogen) atoms. The third kappa shape index (κ3) is 2.73. The largest absolute Gasteiger partial charge is 0.379 e. The first kappa shape index (κ1) is 9.08. The summed E-state index contributed by atoms with van der Waals surface area (Å²) >= 11 is 1.63. The second-order valence-electron chi connectivity index (χ2n) is 2.91. The average molecular weight is 199 g/mol. The second kappa shape index (κ2) is 4.66. The topological polar surface area (TPSA) is 37.4 Å². The van der Waals surface area contributed by atoms with Crippen LogP contribution in [0.2, 0.25) is 0 Å². The highest BCUT2D eigenvalue weighted by Gasteiger charge is 2.09. The van der Waals surface area contributed by atoms with Crippen LogP contribution in [-0.4, -0.2) is 36.3 Å². The molecule has 0 saturated carbocycles. The number of rotatable bonds is 3. The van der Waals surface area contributed by atoms with Crippen molar-refractivity contribution in [1.82, 2.24) is 15.4 Å². The fraction of sp³-hybridized carbons (Fsp3) is 0.625. The van der Waals surface area contributed by atoms with Crippen molar-refractivity contribution in [2.75, 3.05) is 26.3 Å². The molecule has 0 radical (unpaired) electrons. The standard InChI is InChI=1S/C8H13N3OS/c1-3-12-4-2-11(1)10-5-8-6-13-7-9-8/h6-7,10H,1-5H2. The molecule has 0 aromatic carbocycles. The molecule has 0 unspecified atom stereocenters. The Kier molecular flexibility index (Phi) is 3.26. The van der Waals surface area contributed by atoms with Crippen LogP contribution >= 0.6 is 11.3 Å². The van der Waals surface area contributed by atoms with E-state index in [1.165, 1.54) is 0 Å². The number of hydrazine groups is 1. The monoisotopic (exact) mass is 199 g/mol. The van der Waals surface area contributed by atoms with Crippen LogP contribution in [0.15, 0.2) is 10.9 Å². The molecule has 0 bridgehead atoms. The summed E-state index contributed by atoms with van der Waals surface area (Å²) in [6, 6.07) is 0. The minimum Gasteiger partial charge on any atom is -0.379 e. The van der Waals surface area contributed by atoms with E-state index in [1.54, 1.807) is 11.3 Å². The van der Waals surface area contributed by atoms with Gasteiger partial charge in [-0.2, -0.15) is 0 Å². The number of nitrogens with one attached hydrogen (secondary N) is 1. The highest BCUT2D eigenvalue weighted by molar-refractivity contribution is 7.07. The van der Waals surface area contributed by atoms with Crippen molar-refractivity contribution in [2.24, 2.45) is 0 Å². The summed E-state index contributed by atoms with van der Waals surface area (Å²) in [5.74, 6) is 0. The third-order valence-electron chi connectivity index (χ3n) is 1.98. The molecule has 1 fully saturated rings. The fourth-order valence-corrected chi connectivity index (χ4v) is 1.80. The number of ether oxygens (including phenoxy) is 1. The van der Waals surface area contributed by atoms with E-state index in [4.69, 9.17) is 4.74 Å². The zero-order valence-electron chi connectivity index (χ0n) is 7.40. The minimum absolute atomic E-state index is 0.823. The molecule has 0 atom stereocenters. The Hall–Kier alpha value is -0.490. The zero-order valence-corrected chi connectivity index (χ0v) is 8.22. The van der Waals surface area contributed by atoms with Gasteiger partial charge in [0.2, 0.25) is 0 Å². The number of nitrogens with zero attached hydrogens (tertiary/aromatic N) is 2. The molecule has 2 heterocycles. The van der Waals surface area contributed by atoms with E-state index in [1.807, 2.05) is 5.51 Å². The van der Waals surface area contributed by atoms with Gasteiger partial charge in [0.25, 0.3) is 0 Å². The van der Waals surface area contributed by atoms with Crippen molar-refractivity contribution in [3.05, 3.63) is 16.6 Å². The van der Waals surface area contributed by atoms with E-state index < -0.39 is 0 Å². The summed E-state index contributed by atoms with van der Waals surface area (Å²) in [5, 5.41) is 4.25. The number of hydrogen-bond donors (Lipinski definition) is 1. The number of morpholine rings is 1. The van der Waals surface area contributed by atoms with Gasteiger partial charge in [-0.1, -0.05) is 0 Å². The molecule has 1 aromatic heterocycles. The van der Waals surface area contributed by atoms with Crippen LogP contribution in [0.5, 0.6) is 0 Å². The van der Waals surface area contributed by atoms with Gasteiger partial charge in [-0.3, -0.25) is 0 Å². The molecule has 72 valence electrons. The first-order chi connectivity index (χ1) is 6.45. The van der Waals surface area contributed by atoms with Crippen LogP contribution in [0, 0.1) is 0 Å². The first-order valence-electron chi connectivity index (χ1n) is 4.38. The van der Waals surface area contributed by atoms with E-state index in [0.29, 0.717) is 0 Å². The quantitative estimate of drug-likeness (QED) is 0.768. The molecule has 5 heteroatoms. The molecule has 4 nitrogen and oxygen atoms in total. The van der Waals surface area contributed by atoms with Crippen LogP contribution in [0.25, 0.3) is 0 Å². The molecule has 2 rings (SSSR count). The van der Waals surface area contributed by atoms with Gasteiger partial charge >= 0.3 is 0 Å². The Morgan fingerprint density at radius 1 is 1.54 bits per heavy atom. The third-order valence-corrected chi connectivity index (χ3v) is 2.61. The Morgan fingerprint density at radius 3 is 3.08 bits per heavy atom. The van der Waals surface area contributed by atoms with E-state index in [-0.39, 0.29) is 0 Å². The predicted molar refractivity (Wildman–Crippen MR) is 51.3 cm³/mol. The summed E-state index contributed by atoms with van der Waals surface area (Å²) in [4.78, 5) is 4.20. The van der Waals surface area contributed by atoms with Gasteiger partial charge in [-0.05, 0) is 0 Å². The summed E-state index contributed by atoms with van der Waals surface area (Å²) < 4.78 is 5.24. The van der Waals surface area contributed by atoms with E-state index in [0.717, 1.165) is 38.5 Å². The molecular formula is C8H13N3OS. The van der Waals surface area contributed by atoms with E-state index >= 15 is 0 Å². The van der Waals surface area contributed by atoms with Crippen LogP contribution in [0.3, 0.4) is 0 Å². The van der Waals surface area contributed by atoms with Crippen molar-refractivity contribution in [2.45, 2.75) is 6.54 Å². The van der Waals surface area contributed by atoms with Crippen molar-refractivity contribution in [3.8, 4) is 0 Å². The molecule has 1 aromatic rings. The normalized spacial score (nSPS) is 19.1. The molecule has 1 aliphatic rings. The van der Waals surface area contributed by atoms with Crippen molar-refractivity contribution >= 4 is 11.3 Å². The van der Waals surface area contributed by atoms with Crippen molar-refractivity contribution in [3.63, 3.8) is 0 Å². The zero-order chi connectivity index (χ0) is 8.93. The molecule has 1 saturated heterocycles. The van der Waals surface area contributed by atoms with Crippen molar-refractivity contribution in [1.29, 1.82) is 0 Å². The van der Waals surface area contributed by atoms with Gasteiger partial charge in [0.05, 0.1) is 31.0 Å². The van der Waals surface area contributed by atoms with Gasteiger partial charge < -0.3 is 4.74 Å². The Bertz CT molecular complexity index is 234. The molecule has 0 amide bonds. The lowest BCUT2D eigenvalue weighted by molar-refractivity contribution is 0.0104. The van der Waals surface area contributed by atoms with Gasteiger partial charge in [-0.15, -0.1) is 11.3 Å². The Balaban J connectivity index is 1.72. The lowest BCUT2D eigenvalue weighted by Gasteiger charge is -2.26. The maximum atomic E-state index is 5.24. The summed E-state index contributed by atoms with van der Waals surface area (Å²) in [7, 11) is 0. The summed E-state index contributed by atoms with van der Waals surface area (Å²) in [6.45, 7) is 4.39. The average Bonchev–Trinajstić information content (AvgIpc) is 2.69. The number of aromatic nitrogens is 1. The highest BCUT2D eigenvalue weighted by Crippen LogP contribution is 2.01. The summed E-state index contributed by atoms with van der Waals surface area (Å²) in [6.07, 6.45) is 0. The molecule has 1 aliphatic heterocycles. The molecule has 0 aliphatic carbocycles. The number of hydrogen-bond acceptors (Lipinski definition) is 5. The minimum atomic E-state index is 0.823. The Labute approximate surface area is 81.5 Å². The second-order valence-corrected chi connectivity index (χ2v) is 3.63. The highest BCUT2D eigenvalue weighted by atomic mass is 32.1. The number of thiazole rings is 1. The van der Waals surface area contributed by atoms with Crippen LogP contribution in [0.4, 0.5) is 0 Å². The van der Waals surface area contributed by atoms with Crippen molar-refractivity contribution < 1.29 is 4.74 Å². The molecule has 1 N–H and O–H groups in total. The van der Waals surface area contributed by atoms with Gasteiger partial charge in [0, 0.05) is 18.5 Å².